The van der Waals surface area contributed by atoms with E-state index in [9.17, 15) is 4.39 Å². The van der Waals surface area contributed by atoms with Crippen LogP contribution in [0.3, 0.4) is 0 Å². The summed E-state index contributed by atoms with van der Waals surface area (Å²) in [5, 5.41) is 10.2. The van der Waals surface area contributed by atoms with Crippen molar-refractivity contribution in [1.82, 2.24) is 9.88 Å². The lowest BCUT2D eigenvalue weighted by molar-refractivity contribution is 0.195. The van der Waals surface area contributed by atoms with Crippen molar-refractivity contribution in [2.45, 2.75) is 19.0 Å². The van der Waals surface area contributed by atoms with Crippen LogP contribution in [0.4, 0.5) is 4.39 Å². The van der Waals surface area contributed by atoms with Gasteiger partial charge in [-0.15, -0.1) is 0 Å². The Balaban J connectivity index is 1.55. The van der Waals surface area contributed by atoms with Crippen LogP contribution in [0.1, 0.15) is 28.4 Å². The van der Waals surface area contributed by atoms with E-state index in [4.69, 9.17) is 9.84 Å². The van der Waals surface area contributed by atoms with Gasteiger partial charge in [0.05, 0.1) is 12.6 Å². The first-order valence-electron chi connectivity index (χ1n) is 10.6. The van der Waals surface area contributed by atoms with Gasteiger partial charge in [0.15, 0.2) is 0 Å². The highest BCUT2D eigenvalue weighted by atomic mass is 19.1. The molecule has 0 aliphatic carbocycles. The molecular formula is C26H25FN2O2. The van der Waals surface area contributed by atoms with E-state index in [1.165, 1.54) is 17.0 Å². The Bertz CT molecular complexity index is 1200. The molecule has 4 nitrogen and oxygen atoms in total. The second-order valence-electron chi connectivity index (χ2n) is 7.93. The van der Waals surface area contributed by atoms with Gasteiger partial charge in [0.25, 0.3) is 0 Å². The van der Waals surface area contributed by atoms with Crippen molar-refractivity contribution in [1.29, 1.82) is 0 Å². The number of rotatable bonds is 6. The molecule has 31 heavy (non-hydrogen) atoms. The molecule has 0 amide bonds. The van der Waals surface area contributed by atoms with Gasteiger partial charge in [0.2, 0.25) is 0 Å². The second-order valence-corrected chi connectivity index (χ2v) is 7.93. The number of aromatic amines is 1. The Morgan fingerprint density at radius 1 is 1.03 bits per heavy atom. The predicted octanol–water partition coefficient (Wildman–Crippen LogP) is 4.83. The molecule has 0 fully saturated rings. The van der Waals surface area contributed by atoms with Crippen molar-refractivity contribution < 1.29 is 14.2 Å². The molecule has 0 radical (unpaired) electrons. The fraction of sp³-hybridized carbons (Fsp3) is 0.231. The Morgan fingerprint density at radius 3 is 2.74 bits per heavy atom. The van der Waals surface area contributed by atoms with Crippen molar-refractivity contribution in [2.24, 2.45) is 0 Å². The zero-order chi connectivity index (χ0) is 21.2. The Labute approximate surface area is 180 Å². The molecule has 5 rings (SSSR count). The molecule has 0 spiro atoms. The summed E-state index contributed by atoms with van der Waals surface area (Å²) in [6.07, 6.45) is 0.908. The SMILES string of the molecule is OCCOc1cccc(CN2CCc3c([nH]c4ccccc34)[C@H]2c2ccccc2F)c1. The van der Waals surface area contributed by atoms with E-state index in [0.717, 1.165) is 35.5 Å². The number of hydrogen-bond acceptors (Lipinski definition) is 3. The Hall–Kier alpha value is -3.15. The monoisotopic (exact) mass is 416 g/mol. The third kappa shape index (κ3) is 3.82. The van der Waals surface area contributed by atoms with Gasteiger partial charge in [-0.25, -0.2) is 4.39 Å². The van der Waals surface area contributed by atoms with Gasteiger partial charge in [-0.05, 0) is 41.8 Å². The average molecular weight is 416 g/mol. The van der Waals surface area contributed by atoms with Crippen molar-refractivity contribution in [3.63, 3.8) is 0 Å². The molecule has 1 aromatic heterocycles. The largest absolute Gasteiger partial charge is 0.491 e. The topological polar surface area (TPSA) is 48.5 Å². The van der Waals surface area contributed by atoms with Crippen LogP contribution in [0.25, 0.3) is 10.9 Å². The van der Waals surface area contributed by atoms with Crippen molar-refractivity contribution in [2.75, 3.05) is 19.8 Å². The summed E-state index contributed by atoms with van der Waals surface area (Å²) < 4.78 is 20.5. The van der Waals surface area contributed by atoms with E-state index < -0.39 is 0 Å². The zero-order valence-corrected chi connectivity index (χ0v) is 17.2. The first-order chi connectivity index (χ1) is 15.2. The van der Waals surface area contributed by atoms with Crippen LogP contribution >= 0.6 is 0 Å². The molecule has 4 aromatic rings. The van der Waals surface area contributed by atoms with Gasteiger partial charge in [0, 0.05) is 35.2 Å². The number of ether oxygens (including phenoxy) is 1. The normalized spacial score (nSPS) is 16.4. The molecule has 2 N–H and O–H groups in total. The number of para-hydroxylation sites is 1. The van der Waals surface area contributed by atoms with Crippen LogP contribution in [0.15, 0.2) is 72.8 Å². The minimum absolute atomic E-state index is 0.0190. The first-order valence-corrected chi connectivity index (χ1v) is 10.6. The van der Waals surface area contributed by atoms with Crippen molar-refractivity contribution in [3.05, 3.63) is 101 Å². The summed E-state index contributed by atoms with van der Waals surface area (Å²) in [7, 11) is 0. The second kappa shape index (κ2) is 8.53. The lowest BCUT2D eigenvalue weighted by atomic mass is 9.91. The van der Waals surface area contributed by atoms with Gasteiger partial charge < -0.3 is 14.8 Å². The zero-order valence-electron chi connectivity index (χ0n) is 17.2. The highest BCUT2D eigenvalue weighted by Gasteiger charge is 2.33. The molecule has 0 bridgehead atoms. The molecule has 1 aliphatic rings. The maximum absolute atomic E-state index is 15.0. The van der Waals surface area contributed by atoms with Gasteiger partial charge >= 0.3 is 0 Å². The van der Waals surface area contributed by atoms with Crippen molar-refractivity contribution >= 4 is 10.9 Å². The number of nitrogens with one attached hydrogen (secondary N) is 1. The fourth-order valence-corrected chi connectivity index (χ4v) is 4.64. The molecule has 2 heterocycles. The molecule has 0 saturated heterocycles. The van der Waals surface area contributed by atoms with E-state index in [1.54, 1.807) is 6.07 Å². The number of aromatic nitrogens is 1. The minimum atomic E-state index is -0.195. The highest BCUT2D eigenvalue weighted by Crippen LogP contribution is 2.40. The van der Waals surface area contributed by atoms with Crippen LogP contribution < -0.4 is 4.74 Å². The molecule has 5 heteroatoms. The maximum Gasteiger partial charge on any atom is 0.128 e. The molecular weight excluding hydrogens is 391 g/mol. The Morgan fingerprint density at radius 2 is 1.87 bits per heavy atom. The number of aliphatic hydroxyl groups is 1. The molecule has 1 atom stereocenters. The number of benzene rings is 3. The van der Waals surface area contributed by atoms with E-state index in [0.29, 0.717) is 12.1 Å². The summed E-state index contributed by atoms with van der Waals surface area (Å²) in [6.45, 7) is 1.75. The minimum Gasteiger partial charge on any atom is -0.491 e. The maximum atomic E-state index is 15.0. The third-order valence-corrected chi connectivity index (χ3v) is 5.98. The van der Waals surface area contributed by atoms with E-state index >= 15 is 0 Å². The lowest BCUT2D eigenvalue weighted by Gasteiger charge is -2.36. The molecule has 0 unspecified atom stereocenters. The predicted molar refractivity (Wildman–Crippen MR) is 120 cm³/mol. The van der Waals surface area contributed by atoms with Crippen LogP contribution in [0.2, 0.25) is 0 Å². The first kappa shape index (κ1) is 19.8. The third-order valence-electron chi connectivity index (χ3n) is 5.98. The number of halogens is 1. The summed E-state index contributed by atoms with van der Waals surface area (Å²) in [5.41, 5.74) is 5.22. The van der Waals surface area contributed by atoms with Gasteiger partial charge in [-0.3, -0.25) is 4.90 Å². The molecule has 0 saturated carbocycles. The van der Waals surface area contributed by atoms with Gasteiger partial charge in [-0.1, -0.05) is 48.5 Å². The lowest BCUT2D eigenvalue weighted by Crippen LogP contribution is -2.36. The van der Waals surface area contributed by atoms with Crippen LogP contribution in [-0.4, -0.2) is 34.7 Å². The molecule has 1 aliphatic heterocycles. The van der Waals surface area contributed by atoms with Crippen LogP contribution in [0.5, 0.6) is 5.75 Å². The van der Waals surface area contributed by atoms with Crippen LogP contribution in [0, 0.1) is 5.82 Å². The summed E-state index contributed by atoms with van der Waals surface area (Å²) >= 11 is 0. The van der Waals surface area contributed by atoms with Crippen molar-refractivity contribution in [3.8, 4) is 5.75 Å². The standard InChI is InChI=1S/C26H25FN2O2/c27-23-10-3-1-9-22(23)26-25-21(20-8-2-4-11-24(20)28-25)12-13-29(26)17-18-6-5-7-19(16-18)31-15-14-30/h1-11,16,26,28,30H,12-15,17H2/t26-/m1/s1. The number of hydrogen-bond donors (Lipinski definition) is 2. The van der Waals surface area contributed by atoms with E-state index in [2.05, 4.69) is 34.1 Å². The number of H-pyrrole nitrogens is 1. The summed E-state index contributed by atoms with van der Waals surface area (Å²) in [6, 6.07) is 23.1. The number of nitrogens with zero attached hydrogens (tertiary/aromatic N) is 1. The van der Waals surface area contributed by atoms with Gasteiger partial charge in [-0.2, -0.15) is 0 Å². The quantitative estimate of drug-likeness (QED) is 0.474. The number of aliphatic hydroxyl groups excluding tert-OH is 1. The average Bonchev–Trinajstić information content (AvgIpc) is 3.17. The number of fused-ring (bicyclic) bond motifs is 3. The van der Waals surface area contributed by atoms with Crippen LogP contribution in [-0.2, 0) is 13.0 Å². The fourth-order valence-electron chi connectivity index (χ4n) is 4.64. The molecule has 3 aromatic carbocycles. The smallest absolute Gasteiger partial charge is 0.128 e. The summed E-state index contributed by atoms with van der Waals surface area (Å²) in [5.74, 6) is 0.543. The Kier molecular flexibility index (Phi) is 5.45. The van der Waals surface area contributed by atoms with E-state index in [1.807, 2.05) is 36.4 Å². The van der Waals surface area contributed by atoms with E-state index in [-0.39, 0.29) is 25.1 Å². The molecule has 158 valence electrons. The summed E-state index contributed by atoms with van der Waals surface area (Å²) in [4.78, 5) is 5.91. The highest BCUT2D eigenvalue weighted by molar-refractivity contribution is 5.85. The van der Waals surface area contributed by atoms with Gasteiger partial charge in [0.1, 0.15) is 18.2 Å².